The summed E-state index contributed by atoms with van der Waals surface area (Å²) < 4.78 is 2.75. The minimum atomic E-state index is -0.0379. The van der Waals surface area contributed by atoms with Gasteiger partial charge in [0.25, 0.3) is 0 Å². The Morgan fingerprint density at radius 1 is 1.44 bits per heavy atom. The molecule has 0 amide bonds. The molecule has 0 aliphatic heterocycles. The molecule has 1 heterocycles. The largest absolute Gasteiger partial charge is 0.328 e. The van der Waals surface area contributed by atoms with Gasteiger partial charge < -0.3 is 4.57 Å². The molecule has 1 aromatic heterocycles. The van der Waals surface area contributed by atoms with E-state index in [2.05, 4.69) is 27.8 Å². The van der Waals surface area contributed by atoms with Crippen molar-refractivity contribution in [2.24, 2.45) is 0 Å². The van der Waals surface area contributed by atoms with Gasteiger partial charge in [0, 0.05) is 29.0 Å². The maximum absolute atomic E-state index is 12.5. The zero-order chi connectivity index (χ0) is 13.1. The Morgan fingerprint density at radius 3 is 2.94 bits per heavy atom. The first-order valence-corrected chi connectivity index (χ1v) is 6.75. The van der Waals surface area contributed by atoms with Gasteiger partial charge in [0.15, 0.2) is 5.82 Å². The fraction of sp³-hybridized carbons (Fsp3) is 0.286. The van der Waals surface area contributed by atoms with Gasteiger partial charge in [-0.15, -0.1) is 0 Å². The number of hydrogen-bond acceptors (Lipinski definition) is 2. The van der Waals surface area contributed by atoms with Crippen molar-refractivity contribution in [2.75, 3.05) is 0 Å². The number of imidazole rings is 1. The van der Waals surface area contributed by atoms with Gasteiger partial charge in [-0.25, -0.2) is 4.98 Å². The topological polar surface area (TPSA) is 34.9 Å². The van der Waals surface area contributed by atoms with Crippen LogP contribution in [0.4, 0.5) is 0 Å². The molecule has 18 heavy (non-hydrogen) atoms. The van der Waals surface area contributed by atoms with Crippen molar-refractivity contribution in [1.82, 2.24) is 9.55 Å². The van der Waals surface area contributed by atoms with Gasteiger partial charge in [0.2, 0.25) is 5.78 Å². The van der Waals surface area contributed by atoms with E-state index in [1.807, 2.05) is 35.9 Å². The van der Waals surface area contributed by atoms with Gasteiger partial charge in [-0.2, -0.15) is 0 Å². The van der Waals surface area contributed by atoms with Crippen LogP contribution in [0.2, 0.25) is 0 Å². The van der Waals surface area contributed by atoms with Crippen LogP contribution in [0.5, 0.6) is 0 Å². The molecule has 2 rings (SSSR count). The number of rotatable bonds is 4. The van der Waals surface area contributed by atoms with E-state index in [9.17, 15) is 4.79 Å². The van der Waals surface area contributed by atoms with Gasteiger partial charge >= 0.3 is 0 Å². The summed E-state index contributed by atoms with van der Waals surface area (Å²) in [5, 5.41) is 0. The maximum atomic E-state index is 12.5. The third-order valence-electron chi connectivity index (χ3n) is 2.82. The molecule has 0 unspecified atom stereocenters. The summed E-state index contributed by atoms with van der Waals surface area (Å²) in [6.45, 7) is 4.86. The molecule has 0 bridgehead atoms. The van der Waals surface area contributed by atoms with E-state index in [4.69, 9.17) is 0 Å². The van der Waals surface area contributed by atoms with Crippen molar-refractivity contribution in [3.05, 3.63) is 52.0 Å². The van der Waals surface area contributed by atoms with Crippen LogP contribution in [0, 0.1) is 6.92 Å². The second kappa shape index (κ2) is 5.48. The number of halogens is 1. The van der Waals surface area contributed by atoms with Gasteiger partial charge in [0.05, 0.1) is 0 Å². The molecule has 94 valence electrons. The van der Waals surface area contributed by atoms with Gasteiger partial charge in [0.1, 0.15) is 0 Å². The first-order chi connectivity index (χ1) is 8.65. The zero-order valence-corrected chi connectivity index (χ0v) is 12.1. The molecule has 4 heteroatoms. The third kappa shape index (κ3) is 2.38. The summed E-state index contributed by atoms with van der Waals surface area (Å²) in [5.41, 5.74) is 1.72. The number of hydrogen-bond donors (Lipinski definition) is 0. The Kier molecular flexibility index (Phi) is 3.97. The predicted molar refractivity (Wildman–Crippen MR) is 74.8 cm³/mol. The number of carbonyl (C=O) groups excluding carboxylic acids is 1. The summed E-state index contributed by atoms with van der Waals surface area (Å²) in [6, 6.07) is 5.68. The highest BCUT2D eigenvalue weighted by atomic mass is 79.9. The summed E-state index contributed by atoms with van der Waals surface area (Å²) in [5.74, 6) is 0.465. The third-order valence-corrected chi connectivity index (χ3v) is 3.87. The van der Waals surface area contributed by atoms with E-state index >= 15 is 0 Å². The quantitative estimate of drug-likeness (QED) is 0.809. The molecule has 1 aromatic carbocycles. The van der Waals surface area contributed by atoms with Crippen LogP contribution < -0.4 is 0 Å². The van der Waals surface area contributed by atoms with Crippen molar-refractivity contribution in [2.45, 2.75) is 26.8 Å². The minimum absolute atomic E-state index is 0.0379. The zero-order valence-electron chi connectivity index (χ0n) is 10.5. The van der Waals surface area contributed by atoms with Crippen molar-refractivity contribution in [3.63, 3.8) is 0 Å². The molecule has 2 aromatic rings. The molecule has 0 saturated carbocycles. The number of ketones is 1. The van der Waals surface area contributed by atoms with E-state index < -0.39 is 0 Å². The lowest BCUT2D eigenvalue weighted by Crippen LogP contribution is -2.12. The lowest BCUT2D eigenvalue weighted by atomic mass is 10.1. The Hall–Kier alpha value is -1.42. The Morgan fingerprint density at radius 2 is 2.22 bits per heavy atom. The molecule has 0 spiro atoms. The molecular formula is C14H15BrN2O. The molecule has 0 atom stereocenters. The summed E-state index contributed by atoms with van der Waals surface area (Å²) in [7, 11) is 0. The molecule has 0 fully saturated rings. The Labute approximate surface area is 115 Å². The van der Waals surface area contributed by atoms with Crippen molar-refractivity contribution >= 4 is 21.7 Å². The normalized spacial score (nSPS) is 10.6. The lowest BCUT2D eigenvalue weighted by molar-refractivity contribution is 0.102. The van der Waals surface area contributed by atoms with Gasteiger partial charge in [-0.1, -0.05) is 19.1 Å². The standard InChI is InChI=1S/C14H15BrN2O/c1-3-8-17-9-7-16-14(17)13(18)11-6-4-5-10(2)12(11)15/h4-7,9H,3,8H2,1-2H3. The summed E-state index contributed by atoms with van der Waals surface area (Å²) in [6.07, 6.45) is 4.50. The lowest BCUT2D eigenvalue weighted by Gasteiger charge is -2.08. The van der Waals surface area contributed by atoms with Crippen LogP contribution in [0.25, 0.3) is 0 Å². The summed E-state index contributed by atoms with van der Waals surface area (Å²) in [4.78, 5) is 16.6. The fourth-order valence-corrected chi connectivity index (χ4v) is 2.33. The highest BCUT2D eigenvalue weighted by molar-refractivity contribution is 9.10. The molecule has 0 N–H and O–H groups in total. The van der Waals surface area contributed by atoms with Crippen LogP contribution in [-0.4, -0.2) is 15.3 Å². The first kappa shape index (κ1) is 13.0. The molecule has 0 saturated heterocycles. The van der Waals surface area contributed by atoms with Crippen LogP contribution in [0.1, 0.15) is 35.1 Å². The molecule has 0 aliphatic rings. The highest BCUT2D eigenvalue weighted by Crippen LogP contribution is 2.23. The van der Waals surface area contributed by atoms with Crippen molar-refractivity contribution in [1.29, 1.82) is 0 Å². The van der Waals surface area contributed by atoms with Crippen LogP contribution in [-0.2, 0) is 6.54 Å². The minimum Gasteiger partial charge on any atom is -0.328 e. The highest BCUT2D eigenvalue weighted by Gasteiger charge is 2.18. The van der Waals surface area contributed by atoms with Gasteiger partial charge in [-0.3, -0.25) is 4.79 Å². The molecular weight excluding hydrogens is 292 g/mol. The van der Waals surface area contributed by atoms with Crippen LogP contribution in [0.3, 0.4) is 0 Å². The van der Waals surface area contributed by atoms with E-state index in [0.29, 0.717) is 11.4 Å². The van der Waals surface area contributed by atoms with Crippen LogP contribution in [0.15, 0.2) is 35.1 Å². The number of benzene rings is 1. The molecule has 3 nitrogen and oxygen atoms in total. The molecule has 0 radical (unpaired) electrons. The second-order valence-electron chi connectivity index (χ2n) is 4.21. The number of aromatic nitrogens is 2. The fourth-order valence-electron chi connectivity index (χ4n) is 1.88. The summed E-state index contributed by atoms with van der Waals surface area (Å²) >= 11 is 3.47. The number of aryl methyl sites for hydroxylation is 2. The predicted octanol–water partition coefficient (Wildman–Crippen LogP) is 3.60. The van der Waals surface area contributed by atoms with E-state index in [-0.39, 0.29) is 5.78 Å². The monoisotopic (exact) mass is 306 g/mol. The SMILES string of the molecule is CCCn1ccnc1C(=O)c1cccc(C)c1Br. The smallest absolute Gasteiger partial charge is 0.229 e. The van der Waals surface area contributed by atoms with E-state index in [1.165, 1.54) is 0 Å². The van der Waals surface area contributed by atoms with Crippen molar-refractivity contribution in [3.8, 4) is 0 Å². The number of carbonyl (C=O) groups is 1. The van der Waals surface area contributed by atoms with E-state index in [0.717, 1.165) is 23.0 Å². The van der Waals surface area contributed by atoms with Crippen molar-refractivity contribution < 1.29 is 4.79 Å². The Balaban J connectivity index is 2.42. The average Bonchev–Trinajstić information content (AvgIpc) is 2.80. The van der Waals surface area contributed by atoms with E-state index in [1.54, 1.807) is 6.20 Å². The number of nitrogens with zero attached hydrogens (tertiary/aromatic N) is 2. The average molecular weight is 307 g/mol. The first-order valence-electron chi connectivity index (χ1n) is 5.96. The molecule has 0 aliphatic carbocycles. The Bertz CT molecular complexity index is 575. The maximum Gasteiger partial charge on any atom is 0.229 e. The van der Waals surface area contributed by atoms with Gasteiger partial charge in [-0.05, 0) is 40.9 Å². The second-order valence-corrected chi connectivity index (χ2v) is 5.00. The van der Waals surface area contributed by atoms with Crippen LogP contribution >= 0.6 is 15.9 Å².